The molecule has 2 rings (SSSR count). The lowest BCUT2D eigenvalue weighted by molar-refractivity contribution is -0.0982. The van der Waals surface area contributed by atoms with Crippen LogP contribution in [0.2, 0.25) is 0 Å². The van der Waals surface area contributed by atoms with Crippen LogP contribution in [0.4, 0.5) is 10.2 Å². The molecule has 19 heavy (non-hydrogen) atoms. The molecule has 0 spiro atoms. The molecule has 104 valence electrons. The molecule has 4 atom stereocenters. The van der Waals surface area contributed by atoms with Gasteiger partial charge in [0.1, 0.15) is 17.5 Å². The molecule has 1 aromatic rings. The maximum atomic E-state index is 14.1. The number of nitrogen functional groups attached to an aromatic ring is 1. The van der Waals surface area contributed by atoms with E-state index in [0.29, 0.717) is 0 Å². The van der Waals surface area contributed by atoms with Crippen molar-refractivity contribution < 1.29 is 19.3 Å². The van der Waals surface area contributed by atoms with Crippen molar-refractivity contribution in [3.8, 4) is 0 Å². The van der Waals surface area contributed by atoms with E-state index in [1.807, 2.05) is 0 Å². The van der Waals surface area contributed by atoms with Crippen molar-refractivity contribution in [2.45, 2.75) is 24.1 Å². The number of hydrogen-bond acceptors (Lipinski definition) is 6. The minimum Gasteiger partial charge on any atom is -0.393 e. The average molecular weight is 271 g/mol. The van der Waals surface area contributed by atoms with E-state index in [2.05, 4.69) is 11.6 Å². The minimum atomic E-state index is -1.91. The number of halogens is 1. The molecular formula is C11H14FN3O4. The van der Waals surface area contributed by atoms with Gasteiger partial charge < -0.3 is 20.7 Å². The van der Waals surface area contributed by atoms with Crippen molar-refractivity contribution in [2.75, 3.05) is 12.3 Å². The van der Waals surface area contributed by atoms with E-state index in [-0.39, 0.29) is 5.82 Å². The Bertz CT molecular complexity index is 549. The van der Waals surface area contributed by atoms with E-state index in [4.69, 9.17) is 10.5 Å². The number of aliphatic hydroxyl groups is 2. The van der Waals surface area contributed by atoms with Crippen LogP contribution in [0.1, 0.15) is 6.23 Å². The van der Waals surface area contributed by atoms with E-state index in [9.17, 15) is 19.4 Å². The van der Waals surface area contributed by atoms with Crippen molar-refractivity contribution in [3.05, 3.63) is 35.4 Å². The summed E-state index contributed by atoms with van der Waals surface area (Å²) in [5.74, 6) is -0.00709. The summed E-state index contributed by atoms with van der Waals surface area (Å²) in [5.41, 5.74) is 2.87. The maximum absolute atomic E-state index is 14.1. The van der Waals surface area contributed by atoms with Crippen LogP contribution >= 0.6 is 0 Å². The monoisotopic (exact) mass is 271 g/mol. The van der Waals surface area contributed by atoms with Crippen LogP contribution in [0.3, 0.4) is 0 Å². The van der Waals surface area contributed by atoms with Crippen LogP contribution in [0, 0.1) is 0 Å². The Morgan fingerprint density at radius 2 is 2.42 bits per heavy atom. The smallest absolute Gasteiger partial charge is 0.351 e. The molecule has 0 aliphatic carbocycles. The first-order valence-electron chi connectivity index (χ1n) is 5.54. The van der Waals surface area contributed by atoms with E-state index in [0.717, 1.165) is 10.6 Å². The highest BCUT2D eigenvalue weighted by atomic mass is 19.1. The Labute approximate surface area is 107 Å². The number of nitrogens with two attached hydrogens (primary N) is 1. The molecule has 0 amide bonds. The predicted molar refractivity (Wildman–Crippen MR) is 63.9 cm³/mol. The van der Waals surface area contributed by atoms with Gasteiger partial charge in [-0.15, -0.1) is 6.58 Å². The van der Waals surface area contributed by atoms with Gasteiger partial charge in [-0.05, 0) is 6.07 Å². The Morgan fingerprint density at radius 1 is 1.74 bits per heavy atom. The molecular weight excluding hydrogens is 257 g/mol. The van der Waals surface area contributed by atoms with Crippen molar-refractivity contribution >= 4 is 5.82 Å². The summed E-state index contributed by atoms with van der Waals surface area (Å²) in [6.07, 6.45) is -2.62. The second-order valence-corrected chi connectivity index (χ2v) is 4.26. The van der Waals surface area contributed by atoms with Crippen LogP contribution in [0.15, 0.2) is 29.7 Å². The fourth-order valence-corrected chi connectivity index (χ4v) is 1.98. The number of hydrogen-bond donors (Lipinski definition) is 3. The van der Waals surface area contributed by atoms with E-state index >= 15 is 0 Å². The van der Waals surface area contributed by atoms with Crippen molar-refractivity contribution in [3.63, 3.8) is 0 Å². The summed E-state index contributed by atoms with van der Waals surface area (Å²) in [7, 11) is 0. The Kier molecular flexibility index (Phi) is 3.40. The molecule has 0 aromatic carbocycles. The van der Waals surface area contributed by atoms with Gasteiger partial charge in [-0.1, -0.05) is 6.08 Å². The van der Waals surface area contributed by atoms with E-state index < -0.39 is 36.4 Å². The second-order valence-electron chi connectivity index (χ2n) is 4.26. The van der Waals surface area contributed by atoms with Gasteiger partial charge in [0.25, 0.3) is 0 Å². The highest BCUT2D eigenvalue weighted by Crippen LogP contribution is 2.38. The van der Waals surface area contributed by atoms with Gasteiger partial charge >= 0.3 is 5.69 Å². The number of alkyl halides is 1. The van der Waals surface area contributed by atoms with E-state index in [1.54, 1.807) is 0 Å². The normalized spacial score (nSPS) is 34.4. The molecule has 0 bridgehead atoms. The van der Waals surface area contributed by atoms with Crippen molar-refractivity contribution in [2.24, 2.45) is 0 Å². The van der Waals surface area contributed by atoms with Gasteiger partial charge in [0.2, 0.25) is 0 Å². The SMILES string of the molecule is C=C[C@]1(CO)O[C@@H](n2ccc(N)nc2=O)[C@@H](F)[C@@H]1O. The minimum absolute atomic E-state index is 0.00709. The van der Waals surface area contributed by atoms with Crippen LogP contribution in [0.25, 0.3) is 0 Å². The predicted octanol–water partition coefficient (Wildman–Crippen LogP) is -1.03. The Hall–Kier alpha value is -1.77. The Balaban J connectivity index is 2.42. The van der Waals surface area contributed by atoms with Crippen LogP contribution in [-0.2, 0) is 4.74 Å². The van der Waals surface area contributed by atoms with Crippen LogP contribution in [0.5, 0.6) is 0 Å². The highest BCUT2D eigenvalue weighted by Gasteiger charge is 2.54. The van der Waals surface area contributed by atoms with Crippen molar-refractivity contribution in [1.82, 2.24) is 9.55 Å². The lowest BCUT2D eigenvalue weighted by Crippen LogP contribution is -2.43. The molecule has 1 aromatic heterocycles. The quantitative estimate of drug-likeness (QED) is 0.606. The standard InChI is InChI=1S/C11H14FN3O4/c1-2-11(5-16)8(17)7(12)9(19-11)15-4-3-6(13)14-10(15)18/h2-4,7-9,16-17H,1,5H2,(H2,13,14,18)/t7-,8-,9+,11+/m0/s1. The largest absolute Gasteiger partial charge is 0.393 e. The zero-order chi connectivity index (χ0) is 14.2. The molecule has 0 unspecified atom stereocenters. The fourth-order valence-electron chi connectivity index (χ4n) is 1.98. The van der Waals surface area contributed by atoms with Crippen LogP contribution < -0.4 is 11.4 Å². The summed E-state index contributed by atoms with van der Waals surface area (Å²) in [4.78, 5) is 15.1. The third kappa shape index (κ3) is 2.03. The lowest BCUT2D eigenvalue weighted by atomic mass is 9.97. The molecule has 1 aliphatic rings. The first kappa shape index (κ1) is 13.7. The maximum Gasteiger partial charge on any atom is 0.351 e. The van der Waals surface area contributed by atoms with Gasteiger partial charge in [0.05, 0.1) is 6.61 Å². The average Bonchev–Trinajstić information content (AvgIpc) is 2.64. The van der Waals surface area contributed by atoms with Gasteiger partial charge in [0, 0.05) is 6.20 Å². The summed E-state index contributed by atoms with van der Waals surface area (Å²) in [5, 5.41) is 19.0. The molecule has 7 nitrogen and oxygen atoms in total. The fraction of sp³-hybridized carbons (Fsp3) is 0.455. The first-order valence-corrected chi connectivity index (χ1v) is 5.54. The third-order valence-corrected chi connectivity index (χ3v) is 3.13. The number of aliphatic hydroxyl groups excluding tert-OH is 2. The highest BCUT2D eigenvalue weighted by molar-refractivity contribution is 5.24. The van der Waals surface area contributed by atoms with Gasteiger partial charge in [-0.2, -0.15) is 4.98 Å². The number of nitrogens with zero attached hydrogens (tertiary/aromatic N) is 2. The van der Waals surface area contributed by atoms with E-state index in [1.165, 1.54) is 12.3 Å². The molecule has 8 heteroatoms. The second kappa shape index (κ2) is 4.72. The zero-order valence-electron chi connectivity index (χ0n) is 9.94. The van der Waals surface area contributed by atoms with Crippen molar-refractivity contribution in [1.29, 1.82) is 0 Å². The number of aromatic nitrogens is 2. The molecule has 1 fully saturated rings. The summed E-state index contributed by atoms with van der Waals surface area (Å²) < 4.78 is 20.2. The van der Waals surface area contributed by atoms with Gasteiger partial charge in [-0.3, -0.25) is 4.57 Å². The summed E-state index contributed by atoms with van der Waals surface area (Å²) >= 11 is 0. The van der Waals surface area contributed by atoms with Gasteiger partial charge in [0.15, 0.2) is 12.4 Å². The van der Waals surface area contributed by atoms with Crippen LogP contribution in [-0.4, -0.2) is 44.2 Å². The topological polar surface area (TPSA) is 111 Å². The number of rotatable bonds is 3. The van der Waals surface area contributed by atoms with Gasteiger partial charge in [-0.25, -0.2) is 9.18 Å². The first-order chi connectivity index (χ1) is 8.95. The number of anilines is 1. The number of ether oxygens (including phenoxy) is 1. The molecule has 1 aliphatic heterocycles. The lowest BCUT2D eigenvalue weighted by Gasteiger charge is -2.25. The zero-order valence-corrected chi connectivity index (χ0v) is 9.94. The molecule has 4 N–H and O–H groups in total. The molecule has 0 radical (unpaired) electrons. The summed E-state index contributed by atoms with van der Waals surface area (Å²) in [6.45, 7) is 2.74. The third-order valence-electron chi connectivity index (χ3n) is 3.13. The Morgan fingerprint density at radius 3 is 2.89 bits per heavy atom. The molecule has 0 saturated carbocycles. The molecule has 2 heterocycles. The summed E-state index contributed by atoms with van der Waals surface area (Å²) in [6, 6.07) is 1.30. The molecule has 1 saturated heterocycles.